The van der Waals surface area contributed by atoms with Crippen molar-refractivity contribution >= 4 is 19.7 Å². The SMILES string of the molecule is CC/C=C\C/C=C\C/C=C\C/C=C\C/C=C\CCCCCCCCCC(=O)OC(/C=C/CCCCCCCCCCCC)C(COP(=O)(O)OCC[N+](C)(C)C)NC(=O)CCCCC/C=C\C/C=C\C/C=C\C/C=C\CCCCC. The lowest BCUT2D eigenvalue weighted by atomic mass is 10.0. The second-order valence-electron chi connectivity index (χ2n) is 22.5. The summed E-state index contributed by atoms with van der Waals surface area (Å²) in [5, 5.41) is 3.04. The Morgan fingerprint density at radius 3 is 1.24 bits per heavy atom. The summed E-state index contributed by atoms with van der Waals surface area (Å²) < 4.78 is 30.7. The number of quaternary nitrogens is 1. The van der Waals surface area contributed by atoms with Crippen LogP contribution in [0.3, 0.4) is 0 Å². The first-order valence-electron chi connectivity index (χ1n) is 32.4. The maximum Gasteiger partial charge on any atom is 0.472 e. The summed E-state index contributed by atoms with van der Waals surface area (Å²) >= 11 is 0. The van der Waals surface area contributed by atoms with E-state index in [1.54, 1.807) is 0 Å². The van der Waals surface area contributed by atoms with E-state index in [1.165, 1.54) is 96.3 Å². The van der Waals surface area contributed by atoms with Crippen molar-refractivity contribution in [3.8, 4) is 0 Å². The van der Waals surface area contributed by atoms with Crippen molar-refractivity contribution in [3.63, 3.8) is 0 Å². The molecule has 10 heteroatoms. The van der Waals surface area contributed by atoms with Gasteiger partial charge in [-0.25, -0.2) is 4.57 Å². The maximum atomic E-state index is 13.6. The Kier molecular flexibility index (Phi) is 56.0. The standard InChI is InChI=1S/C70H121N2O7P/c1-7-10-13-16-19-22-25-28-30-32-34-35-36-37-39-41-43-45-48-51-54-57-60-63-70(74)79-68(61-58-55-52-49-46-27-24-21-18-15-12-9-3)67(66-78-80(75,76)77-65-64-72(4,5)6)71-69(73)62-59-56-53-50-47-44-42-40-38-33-31-29-26-23-20-17-14-11-8-2/h10,13,19-20,22-23,28-31,34-35,37-40,44,47,58,61,67-68H,7-9,11-12,14-18,21,24-27,32-33,36,41-43,45-46,48-57,59-60,62-66H2,1-6H3,(H-,71,73,75,76)/p+1/b13-10-,22-19-,23-20-,30-28-,31-29-,35-34-,39-37-,40-38-,47-44-,61-58+. The van der Waals surface area contributed by atoms with Crippen LogP contribution < -0.4 is 5.32 Å². The normalized spacial score (nSPS) is 14.4. The molecule has 0 radical (unpaired) electrons. The molecule has 0 aliphatic heterocycles. The second-order valence-corrected chi connectivity index (χ2v) is 24.0. The Morgan fingerprint density at radius 1 is 0.450 bits per heavy atom. The van der Waals surface area contributed by atoms with Gasteiger partial charge in [0.15, 0.2) is 0 Å². The molecule has 0 saturated carbocycles. The third kappa shape index (κ3) is 59.0. The number of ether oxygens (including phenoxy) is 1. The van der Waals surface area contributed by atoms with Crippen molar-refractivity contribution in [2.24, 2.45) is 0 Å². The molecule has 0 aromatic carbocycles. The molecule has 0 aromatic rings. The number of nitrogens with zero attached hydrogens (tertiary/aromatic N) is 1. The maximum absolute atomic E-state index is 13.6. The van der Waals surface area contributed by atoms with Crippen molar-refractivity contribution in [2.75, 3.05) is 40.9 Å². The first-order valence-corrected chi connectivity index (χ1v) is 33.9. The van der Waals surface area contributed by atoms with Gasteiger partial charge in [0.1, 0.15) is 19.3 Å². The minimum absolute atomic E-state index is 0.0254. The predicted octanol–water partition coefficient (Wildman–Crippen LogP) is 20.3. The smallest absolute Gasteiger partial charge is 0.456 e. The molecule has 0 spiro atoms. The van der Waals surface area contributed by atoms with Crippen LogP contribution in [0.4, 0.5) is 0 Å². The topological polar surface area (TPSA) is 111 Å². The molecule has 1 amide bonds. The van der Waals surface area contributed by atoms with Crippen LogP contribution >= 0.6 is 7.82 Å². The first kappa shape index (κ1) is 76.4. The molecule has 3 unspecified atom stereocenters. The van der Waals surface area contributed by atoms with E-state index in [4.69, 9.17) is 13.8 Å². The van der Waals surface area contributed by atoms with E-state index in [0.29, 0.717) is 23.9 Å². The molecule has 0 aliphatic carbocycles. The van der Waals surface area contributed by atoms with Crippen molar-refractivity contribution in [1.29, 1.82) is 0 Å². The number of unbranched alkanes of at least 4 members (excludes halogenated alkanes) is 23. The Hall–Kier alpha value is -3.59. The van der Waals surface area contributed by atoms with E-state index in [1.807, 2.05) is 33.3 Å². The number of esters is 1. The molecule has 80 heavy (non-hydrogen) atoms. The van der Waals surface area contributed by atoms with Gasteiger partial charge < -0.3 is 19.4 Å². The highest BCUT2D eigenvalue weighted by Gasteiger charge is 2.30. The van der Waals surface area contributed by atoms with Crippen molar-refractivity contribution < 1.29 is 37.3 Å². The van der Waals surface area contributed by atoms with Crippen LogP contribution in [0.15, 0.2) is 122 Å². The Labute approximate surface area is 493 Å². The predicted molar refractivity (Wildman–Crippen MR) is 346 cm³/mol. The van der Waals surface area contributed by atoms with Crippen molar-refractivity contribution in [3.05, 3.63) is 122 Å². The Morgan fingerprint density at radius 2 is 0.800 bits per heavy atom. The van der Waals surface area contributed by atoms with E-state index in [2.05, 4.69) is 135 Å². The number of phosphoric acid groups is 1. The van der Waals surface area contributed by atoms with Gasteiger partial charge in [-0.15, -0.1) is 0 Å². The summed E-state index contributed by atoms with van der Waals surface area (Å²) in [5.74, 6) is -0.560. The van der Waals surface area contributed by atoms with Crippen LogP contribution in [0.2, 0.25) is 0 Å². The number of carbonyl (C=O) groups is 2. The fourth-order valence-electron chi connectivity index (χ4n) is 8.66. The van der Waals surface area contributed by atoms with E-state index in [-0.39, 0.29) is 37.9 Å². The second kappa shape index (κ2) is 58.6. The molecule has 0 fully saturated rings. The Balaban J connectivity index is 5.29. The number of phosphoric ester groups is 1. The molecule has 9 nitrogen and oxygen atoms in total. The molecule has 2 N–H and O–H groups in total. The van der Waals surface area contributed by atoms with Crippen molar-refractivity contribution in [2.45, 2.75) is 270 Å². The lowest BCUT2D eigenvalue weighted by molar-refractivity contribution is -0.870. The quantitative estimate of drug-likeness (QED) is 0.0205. The van der Waals surface area contributed by atoms with Gasteiger partial charge in [0, 0.05) is 12.8 Å². The van der Waals surface area contributed by atoms with Gasteiger partial charge in [0.05, 0.1) is 33.8 Å². The van der Waals surface area contributed by atoms with E-state index in [9.17, 15) is 19.0 Å². The van der Waals surface area contributed by atoms with Crippen LogP contribution in [-0.2, 0) is 27.9 Å². The van der Waals surface area contributed by atoms with Crippen LogP contribution in [0, 0.1) is 0 Å². The molecular formula is C70H122N2O7P+. The molecular weight excluding hydrogens is 1010 g/mol. The highest BCUT2D eigenvalue weighted by Crippen LogP contribution is 2.43. The van der Waals surface area contributed by atoms with Gasteiger partial charge in [0.2, 0.25) is 5.91 Å². The highest BCUT2D eigenvalue weighted by molar-refractivity contribution is 7.47. The summed E-state index contributed by atoms with van der Waals surface area (Å²) in [7, 11) is 1.45. The zero-order chi connectivity index (χ0) is 58.6. The van der Waals surface area contributed by atoms with Gasteiger partial charge in [0.25, 0.3) is 0 Å². The largest absolute Gasteiger partial charge is 0.472 e. The lowest BCUT2D eigenvalue weighted by Gasteiger charge is -2.27. The van der Waals surface area contributed by atoms with Gasteiger partial charge >= 0.3 is 13.8 Å². The molecule has 0 saturated heterocycles. The third-order valence-electron chi connectivity index (χ3n) is 13.6. The summed E-state index contributed by atoms with van der Waals surface area (Å²) in [6.45, 7) is 6.83. The number of likely N-dealkylation sites (N-methyl/N-ethyl adjacent to an activating group) is 1. The summed E-state index contributed by atoms with van der Waals surface area (Å²) in [4.78, 5) is 37.8. The summed E-state index contributed by atoms with van der Waals surface area (Å²) in [6, 6.07) is -0.879. The number of amides is 1. The fourth-order valence-corrected chi connectivity index (χ4v) is 9.39. The monoisotopic (exact) mass is 1130 g/mol. The number of carbonyl (C=O) groups excluding carboxylic acids is 2. The van der Waals surface area contributed by atoms with Gasteiger partial charge in [-0.2, -0.15) is 0 Å². The zero-order valence-corrected chi connectivity index (χ0v) is 53.2. The third-order valence-corrected chi connectivity index (χ3v) is 14.6. The number of rotatable bonds is 57. The molecule has 0 rings (SSSR count). The minimum atomic E-state index is -4.47. The van der Waals surface area contributed by atoms with E-state index in [0.717, 1.165) is 116 Å². The molecule has 0 heterocycles. The van der Waals surface area contributed by atoms with Gasteiger partial charge in [-0.1, -0.05) is 245 Å². The van der Waals surface area contributed by atoms with Crippen LogP contribution in [-0.4, -0.2) is 74.3 Å². The fraction of sp³-hybridized carbons (Fsp3) is 0.686. The number of nitrogens with one attached hydrogen (secondary N) is 1. The minimum Gasteiger partial charge on any atom is -0.456 e. The Bertz CT molecular complexity index is 1780. The number of hydrogen-bond donors (Lipinski definition) is 2. The summed E-state index contributed by atoms with van der Waals surface area (Å²) in [6.07, 6.45) is 82.0. The molecule has 3 atom stereocenters. The molecule has 458 valence electrons. The average Bonchev–Trinajstić information content (AvgIpc) is 3.43. The van der Waals surface area contributed by atoms with E-state index < -0.39 is 20.0 Å². The summed E-state index contributed by atoms with van der Waals surface area (Å²) in [5.41, 5.74) is 0. The molecule has 0 aromatic heterocycles. The zero-order valence-electron chi connectivity index (χ0n) is 52.3. The number of allylic oxidation sites excluding steroid dienone is 19. The van der Waals surface area contributed by atoms with Gasteiger partial charge in [-0.05, 0) is 122 Å². The van der Waals surface area contributed by atoms with Gasteiger partial charge in [-0.3, -0.25) is 18.6 Å². The first-order chi connectivity index (χ1) is 38.9. The highest BCUT2D eigenvalue weighted by atomic mass is 31.2. The van der Waals surface area contributed by atoms with Crippen LogP contribution in [0.5, 0.6) is 0 Å². The van der Waals surface area contributed by atoms with Crippen molar-refractivity contribution in [1.82, 2.24) is 5.32 Å². The van der Waals surface area contributed by atoms with Crippen LogP contribution in [0.25, 0.3) is 0 Å². The lowest BCUT2D eigenvalue weighted by Crippen LogP contribution is -2.47. The molecule has 0 bridgehead atoms. The van der Waals surface area contributed by atoms with E-state index >= 15 is 0 Å². The average molecular weight is 1130 g/mol. The number of hydrogen-bond acceptors (Lipinski definition) is 6. The van der Waals surface area contributed by atoms with Crippen LogP contribution in [0.1, 0.15) is 258 Å². The molecule has 0 aliphatic rings.